The van der Waals surface area contributed by atoms with E-state index in [2.05, 4.69) is 25.3 Å². The number of ketones is 1. The Labute approximate surface area is 177 Å². The van der Waals surface area contributed by atoms with E-state index < -0.39 is 5.91 Å². The summed E-state index contributed by atoms with van der Waals surface area (Å²) in [5.74, 6) is -0.636. The summed E-state index contributed by atoms with van der Waals surface area (Å²) in [6, 6.07) is 3.21. The average molecular weight is 421 g/mol. The van der Waals surface area contributed by atoms with Crippen LogP contribution in [0.2, 0.25) is 5.02 Å². The molecule has 4 aromatic heterocycles. The first-order valence-electron chi connectivity index (χ1n) is 9.16. The predicted octanol–water partition coefficient (Wildman–Crippen LogP) is 3.94. The molecule has 0 bridgehead atoms. The molecule has 0 radical (unpaired) electrons. The Morgan fingerprint density at radius 3 is 2.53 bits per heavy atom. The molecule has 30 heavy (non-hydrogen) atoms. The Kier molecular flexibility index (Phi) is 5.24. The fourth-order valence-electron chi connectivity index (χ4n) is 3.09. The first kappa shape index (κ1) is 19.7. The lowest BCUT2D eigenvalue weighted by Crippen LogP contribution is -2.13. The molecule has 8 nitrogen and oxygen atoms in total. The second-order valence-electron chi connectivity index (χ2n) is 6.94. The maximum absolute atomic E-state index is 13.2. The van der Waals surface area contributed by atoms with Crippen molar-refractivity contribution in [3.8, 4) is 0 Å². The Morgan fingerprint density at radius 1 is 1.00 bits per heavy atom. The van der Waals surface area contributed by atoms with Crippen molar-refractivity contribution >= 4 is 40.0 Å². The molecule has 0 saturated heterocycles. The first-order chi connectivity index (χ1) is 14.4. The third-order valence-corrected chi connectivity index (χ3v) is 4.73. The van der Waals surface area contributed by atoms with Gasteiger partial charge in [-0.2, -0.15) is 0 Å². The van der Waals surface area contributed by atoms with Crippen molar-refractivity contribution in [3.05, 3.63) is 77.4 Å². The summed E-state index contributed by atoms with van der Waals surface area (Å²) < 4.78 is 1.93. The predicted molar refractivity (Wildman–Crippen MR) is 113 cm³/mol. The van der Waals surface area contributed by atoms with Gasteiger partial charge in [0.25, 0.3) is 5.91 Å². The highest BCUT2D eigenvalue weighted by atomic mass is 35.5. The molecule has 150 valence electrons. The smallest absolute Gasteiger partial charge is 0.257 e. The monoisotopic (exact) mass is 420 g/mol. The molecule has 0 unspecified atom stereocenters. The second kappa shape index (κ2) is 8.00. The fraction of sp³-hybridized carbons (Fsp3) is 0.143. The zero-order valence-corrected chi connectivity index (χ0v) is 17.0. The maximum atomic E-state index is 13.2. The minimum absolute atomic E-state index is 0.124. The van der Waals surface area contributed by atoms with Gasteiger partial charge in [0.1, 0.15) is 12.0 Å². The van der Waals surface area contributed by atoms with Crippen molar-refractivity contribution in [3.63, 3.8) is 0 Å². The van der Waals surface area contributed by atoms with Crippen LogP contribution in [0.3, 0.4) is 0 Å². The van der Waals surface area contributed by atoms with E-state index in [0.717, 1.165) is 0 Å². The number of anilines is 1. The Morgan fingerprint density at radius 2 is 1.77 bits per heavy atom. The fourth-order valence-corrected chi connectivity index (χ4v) is 3.26. The molecule has 4 heterocycles. The molecule has 9 heteroatoms. The van der Waals surface area contributed by atoms with Crippen molar-refractivity contribution in [1.29, 1.82) is 0 Å². The van der Waals surface area contributed by atoms with Gasteiger partial charge in [-0.25, -0.2) is 9.97 Å². The maximum Gasteiger partial charge on any atom is 0.257 e. The molecule has 4 rings (SSSR count). The molecule has 4 aromatic rings. The van der Waals surface area contributed by atoms with Crippen LogP contribution in [0.5, 0.6) is 0 Å². The van der Waals surface area contributed by atoms with Crippen LogP contribution >= 0.6 is 11.6 Å². The summed E-state index contributed by atoms with van der Waals surface area (Å²) in [7, 11) is 0. The lowest BCUT2D eigenvalue weighted by molar-refractivity contribution is 0.102. The van der Waals surface area contributed by atoms with E-state index in [9.17, 15) is 9.59 Å². The van der Waals surface area contributed by atoms with Crippen molar-refractivity contribution in [2.45, 2.75) is 19.9 Å². The van der Waals surface area contributed by atoms with Crippen molar-refractivity contribution in [1.82, 2.24) is 24.5 Å². The average Bonchev–Trinajstić information content (AvgIpc) is 3.13. The van der Waals surface area contributed by atoms with Gasteiger partial charge in [-0.15, -0.1) is 0 Å². The Bertz CT molecular complexity index is 1270. The summed E-state index contributed by atoms with van der Waals surface area (Å²) >= 11 is 5.89. The number of halogens is 1. The number of hydrogen-bond donors (Lipinski definition) is 1. The summed E-state index contributed by atoms with van der Waals surface area (Å²) in [6.45, 7) is 4.02. The lowest BCUT2D eigenvalue weighted by atomic mass is 10.1. The van der Waals surface area contributed by atoms with Gasteiger partial charge in [-0.05, 0) is 26.0 Å². The number of nitrogens with one attached hydrogen (secondary N) is 1. The summed E-state index contributed by atoms with van der Waals surface area (Å²) in [6.07, 6.45) is 10.6. The zero-order valence-electron chi connectivity index (χ0n) is 16.2. The van der Waals surface area contributed by atoms with Crippen LogP contribution in [0.1, 0.15) is 46.2 Å². The summed E-state index contributed by atoms with van der Waals surface area (Å²) in [4.78, 5) is 42.0. The van der Waals surface area contributed by atoms with E-state index in [-0.39, 0.29) is 11.8 Å². The highest BCUT2D eigenvalue weighted by Crippen LogP contribution is 2.25. The SMILES string of the molecule is CC(C)n1cc(C(=O)c2cncc(NC(=O)c3cncc(Cl)c3)c2)c2cncnc21. The molecule has 0 aromatic carbocycles. The van der Waals surface area contributed by atoms with E-state index in [1.807, 2.05) is 18.4 Å². The van der Waals surface area contributed by atoms with Crippen LogP contribution in [0.15, 0.2) is 55.6 Å². The minimum atomic E-state index is -0.402. The number of carbonyl (C=O) groups is 2. The number of amides is 1. The number of carbonyl (C=O) groups excluding carboxylic acids is 2. The van der Waals surface area contributed by atoms with Crippen molar-refractivity contribution < 1.29 is 9.59 Å². The summed E-state index contributed by atoms with van der Waals surface area (Å²) in [5.41, 5.74) is 2.19. The molecule has 0 saturated carbocycles. The van der Waals surface area contributed by atoms with Crippen molar-refractivity contribution in [2.24, 2.45) is 0 Å². The van der Waals surface area contributed by atoms with Crippen LogP contribution < -0.4 is 5.32 Å². The quantitative estimate of drug-likeness (QED) is 0.490. The molecular weight excluding hydrogens is 404 g/mol. The van der Waals surface area contributed by atoms with Crippen LogP contribution in [0.4, 0.5) is 5.69 Å². The van der Waals surface area contributed by atoms with E-state index in [1.54, 1.807) is 18.5 Å². The van der Waals surface area contributed by atoms with Gasteiger partial charge in [0.15, 0.2) is 5.78 Å². The first-order valence-corrected chi connectivity index (χ1v) is 9.54. The van der Waals surface area contributed by atoms with Crippen molar-refractivity contribution in [2.75, 3.05) is 5.32 Å². The Hall–Kier alpha value is -3.65. The molecule has 0 aliphatic rings. The largest absolute Gasteiger partial charge is 0.329 e. The van der Waals surface area contributed by atoms with E-state index in [0.29, 0.717) is 38.4 Å². The van der Waals surface area contributed by atoms with Gasteiger partial charge in [-0.3, -0.25) is 19.6 Å². The normalized spacial score (nSPS) is 11.1. The van der Waals surface area contributed by atoms with E-state index in [1.165, 1.54) is 37.2 Å². The van der Waals surface area contributed by atoms with Gasteiger partial charge < -0.3 is 9.88 Å². The zero-order chi connectivity index (χ0) is 21.3. The van der Waals surface area contributed by atoms with E-state index >= 15 is 0 Å². The molecular formula is C21H17ClN6O2. The minimum Gasteiger partial charge on any atom is -0.329 e. The molecule has 0 aliphatic heterocycles. The van der Waals surface area contributed by atoms with Crippen LogP contribution in [0.25, 0.3) is 11.0 Å². The lowest BCUT2D eigenvalue weighted by Gasteiger charge is -2.07. The van der Waals surface area contributed by atoms with Crippen LogP contribution in [-0.2, 0) is 0 Å². The summed E-state index contributed by atoms with van der Waals surface area (Å²) in [5, 5.41) is 3.73. The van der Waals surface area contributed by atoms with Gasteiger partial charge in [-0.1, -0.05) is 11.6 Å². The van der Waals surface area contributed by atoms with Gasteiger partial charge in [0.05, 0.1) is 28.0 Å². The standard InChI is InChI=1S/C21H17ClN6O2/c1-12(2)28-10-18(17-9-25-11-26-20(17)28)19(29)13-4-16(8-24-5-13)27-21(30)14-3-15(22)7-23-6-14/h3-12H,1-2H3,(H,27,30). The Balaban J connectivity index is 1.65. The molecule has 1 amide bonds. The topological polar surface area (TPSA) is 103 Å². The van der Waals surface area contributed by atoms with Crippen LogP contribution in [-0.4, -0.2) is 36.2 Å². The number of rotatable bonds is 5. The molecule has 1 N–H and O–H groups in total. The van der Waals surface area contributed by atoms with E-state index in [4.69, 9.17) is 11.6 Å². The molecule has 0 spiro atoms. The number of nitrogens with zero attached hydrogens (tertiary/aromatic N) is 5. The molecule has 0 atom stereocenters. The molecule has 0 aliphatic carbocycles. The number of hydrogen-bond acceptors (Lipinski definition) is 6. The second-order valence-corrected chi connectivity index (χ2v) is 7.38. The highest BCUT2D eigenvalue weighted by molar-refractivity contribution is 6.30. The highest BCUT2D eigenvalue weighted by Gasteiger charge is 2.20. The molecule has 0 fully saturated rings. The number of pyridine rings is 2. The van der Waals surface area contributed by atoms with Crippen LogP contribution in [0, 0.1) is 0 Å². The van der Waals surface area contributed by atoms with Gasteiger partial charge in [0.2, 0.25) is 0 Å². The number of aromatic nitrogens is 5. The number of fused-ring (bicyclic) bond motifs is 1. The van der Waals surface area contributed by atoms with Gasteiger partial charge in [0, 0.05) is 48.0 Å². The van der Waals surface area contributed by atoms with Gasteiger partial charge >= 0.3 is 0 Å². The third-order valence-electron chi connectivity index (χ3n) is 4.52. The third kappa shape index (κ3) is 3.77.